The molecule has 10 heteroatoms. The molecule has 0 bridgehead atoms. The Kier molecular flexibility index (Phi) is 6.85. The molecular formula is C23H26N2O7S. The first-order valence-corrected chi connectivity index (χ1v) is 12.3. The van der Waals surface area contributed by atoms with Crippen molar-refractivity contribution in [3.8, 4) is 11.5 Å². The third-order valence-electron chi connectivity index (χ3n) is 5.21. The van der Waals surface area contributed by atoms with Crippen LogP contribution in [0.25, 0.3) is 0 Å². The molecule has 0 aromatic heterocycles. The highest BCUT2D eigenvalue weighted by molar-refractivity contribution is 7.89. The largest absolute Gasteiger partial charge is 0.490 e. The van der Waals surface area contributed by atoms with Crippen LogP contribution in [-0.2, 0) is 24.3 Å². The fourth-order valence-electron chi connectivity index (χ4n) is 3.28. The number of carbonyl (C=O) groups excluding carboxylic acids is 2. The number of nitrogens with one attached hydrogen (secondary N) is 2. The van der Waals surface area contributed by atoms with Gasteiger partial charge in [0.05, 0.1) is 18.1 Å². The summed E-state index contributed by atoms with van der Waals surface area (Å²) in [6, 6.07) is 11.7. The van der Waals surface area contributed by atoms with E-state index in [0.29, 0.717) is 36.7 Å². The Balaban J connectivity index is 1.46. The van der Waals surface area contributed by atoms with Crippen molar-refractivity contribution in [2.45, 2.75) is 49.3 Å². The van der Waals surface area contributed by atoms with E-state index in [4.69, 9.17) is 14.2 Å². The van der Waals surface area contributed by atoms with Crippen molar-refractivity contribution in [3.05, 3.63) is 54.1 Å². The molecule has 0 saturated heterocycles. The molecule has 0 unspecified atom stereocenters. The molecule has 9 nitrogen and oxygen atoms in total. The normalized spacial score (nSPS) is 17.4. The maximum absolute atomic E-state index is 12.9. The fraction of sp³-hybridized carbons (Fsp3) is 0.391. The lowest BCUT2D eigenvalue weighted by Gasteiger charge is -2.21. The van der Waals surface area contributed by atoms with Crippen LogP contribution in [0.3, 0.4) is 0 Å². The summed E-state index contributed by atoms with van der Waals surface area (Å²) in [5, 5.41) is 2.82. The van der Waals surface area contributed by atoms with E-state index in [-0.39, 0.29) is 10.9 Å². The molecule has 2 aromatic rings. The zero-order valence-electron chi connectivity index (χ0n) is 18.2. The number of rotatable bonds is 8. The molecule has 1 amide bonds. The van der Waals surface area contributed by atoms with E-state index in [1.165, 1.54) is 25.1 Å². The summed E-state index contributed by atoms with van der Waals surface area (Å²) < 4.78 is 44.6. The average Bonchev–Trinajstić information content (AvgIpc) is 3.63. The molecule has 1 aliphatic heterocycles. The predicted octanol–water partition coefficient (Wildman–Crippen LogP) is 2.08. The van der Waals surface area contributed by atoms with Gasteiger partial charge in [0.25, 0.3) is 5.91 Å². The lowest BCUT2D eigenvalue weighted by molar-refractivity contribution is -0.157. The number of hydrogen-bond donors (Lipinski definition) is 2. The molecule has 1 fully saturated rings. The van der Waals surface area contributed by atoms with E-state index < -0.39 is 34.0 Å². The summed E-state index contributed by atoms with van der Waals surface area (Å²) in [5.41, 5.74) is 0.502. The lowest BCUT2D eigenvalue weighted by Crippen LogP contribution is -2.42. The Morgan fingerprint density at radius 1 is 1.03 bits per heavy atom. The molecule has 4 rings (SSSR count). The summed E-state index contributed by atoms with van der Waals surface area (Å²) in [4.78, 5) is 25.3. The summed E-state index contributed by atoms with van der Waals surface area (Å²) in [5.74, 6) is -0.513. The lowest BCUT2D eigenvalue weighted by atomic mass is 10.1. The minimum Gasteiger partial charge on any atom is -0.490 e. The van der Waals surface area contributed by atoms with Crippen LogP contribution in [0.5, 0.6) is 11.5 Å². The predicted molar refractivity (Wildman–Crippen MR) is 118 cm³/mol. The molecule has 2 N–H and O–H groups in total. The van der Waals surface area contributed by atoms with Crippen LogP contribution in [-0.4, -0.2) is 45.6 Å². The Labute approximate surface area is 192 Å². The maximum Gasteiger partial charge on any atom is 0.325 e. The molecule has 0 radical (unpaired) electrons. The number of sulfonamides is 1. The van der Waals surface area contributed by atoms with Gasteiger partial charge in [-0.25, -0.2) is 8.42 Å². The SMILES string of the molecule is C[C@H](NS(=O)(=O)c1ccc2c(c1)OCCCO2)C(=O)O[C@@H](C(=O)NC1CC1)c1ccccc1. The minimum atomic E-state index is -4.07. The average molecular weight is 475 g/mol. The molecule has 2 atom stereocenters. The summed E-state index contributed by atoms with van der Waals surface area (Å²) in [6.45, 7) is 2.26. The van der Waals surface area contributed by atoms with Crippen molar-refractivity contribution in [1.29, 1.82) is 0 Å². The summed E-state index contributed by atoms with van der Waals surface area (Å²) in [6.07, 6.45) is 1.28. The van der Waals surface area contributed by atoms with Crippen LogP contribution in [0.4, 0.5) is 0 Å². The first-order chi connectivity index (χ1) is 15.8. The second kappa shape index (κ2) is 9.80. The van der Waals surface area contributed by atoms with E-state index in [2.05, 4.69) is 10.0 Å². The van der Waals surface area contributed by atoms with Crippen molar-refractivity contribution in [2.24, 2.45) is 0 Å². The van der Waals surface area contributed by atoms with E-state index in [9.17, 15) is 18.0 Å². The number of carbonyl (C=O) groups is 2. The second-order valence-corrected chi connectivity index (χ2v) is 9.73. The molecule has 176 valence electrons. The van der Waals surface area contributed by atoms with Gasteiger partial charge in [-0.2, -0.15) is 4.72 Å². The third kappa shape index (κ3) is 5.82. The van der Waals surface area contributed by atoms with Gasteiger partial charge in [-0.3, -0.25) is 9.59 Å². The molecule has 2 aromatic carbocycles. The Hall–Kier alpha value is -3.11. The van der Waals surface area contributed by atoms with Crippen LogP contribution < -0.4 is 19.5 Å². The van der Waals surface area contributed by atoms with Crippen molar-refractivity contribution in [1.82, 2.24) is 10.0 Å². The van der Waals surface area contributed by atoms with Crippen LogP contribution in [0.2, 0.25) is 0 Å². The van der Waals surface area contributed by atoms with Gasteiger partial charge in [0, 0.05) is 24.1 Å². The molecule has 2 aliphatic rings. The zero-order valence-corrected chi connectivity index (χ0v) is 19.0. The van der Waals surface area contributed by atoms with Crippen LogP contribution >= 0.6 is 0 Å². The van der Waals surface area contributed by atoms with Crippen LogP contribution in [0.1, 0.15) is 37.9 Å². The fourth-order valence-corrected chi connectivity index (χ4v) is 4.49. The highest BCUT2D eigenvalue weighted by atomic mass is 32.2. The number of hydrogen-bond acceptors (Lipinski definition) is 7. The van der Waals surface area contributed by atoms with Gasteiger partial charge in [0.15, 0.2) is 11.5 Å². The van der Waals surface area contributed by atoms with E-state index in [1.54, 1.807) is 30.3 Å². The van der Waals surface area contributed by atoms with Gasteiger partial charge in [0.1, 0.15) is 6.04 Å². The highest BCUT2D eigenvalue weighted by Crippen LogP contribution is 2.32. The molecule has 33 heavy (non-hydrogen) atoms. The van der Waals surface area contributed by atoms with Crippen molar-refractivity contribution in [2.75, 3.05) is 13.2 Å². The Morgan fingerprint density at radius 3 is 2.42 bits per heavy atom. The van der Waals surface area contributed by atoms with Gasteiger partial charge in [0.2, 0.25) is 16.1 Å². The maximum atomic E-state index is 12.9. The Bertz CT molecular complexity index is 1120. The van der Waals surface area contributed by atoms with Gasteiger partial charge in [-0.05, 0) is 31.9 Å². The topological polar surface area (TPSA) is 120 Å². The highest BCUT2D eigenvalue weighted by Gasteiger charge is 2.33. The van der Waals surface area contributed by atoms with Gasteiger partial charge in [-0.1, -0.05) is 30.3 Å². The number of fused-ring (bicyclic) bond motifs is 1. The number of ether oxygens (including phenoxy) is 3. The van der Waals surface area contributed by atoms with Gasteiger partial charge >= 0.3 is 5.97 Å². The smallest absolute Gasteiger partial charge is 0.325 e. The van der Waals surface area contributed by atoms with Crippen molar-refractivity contribution < 1.29 is 32.2 Å². The number of esters is 1. The molecule has 1 saturated carbocycles. The standard InChI is InChI=1S/C23H26N2O7S/c1-15(25-33(28,29)18-10-11-19-20(14-18)31-13-5-12-30-19)23(27)32-21(16-6-3-2-4-7-16)22(26)24-17-8-9-17/h2-4,6-7,10-11,14-15,17,21,25H,5,8-9,12-13H2,1H3,(H,24,26)/t15-,21+/m0/s1. The quantitative estimate of drug-likeness (QED) is 0.562. The first-order valence-electron chi connectivity index (χ1n) is 10.8. The van der Waals surface area contributed by atoms with E-state index in [1.807, 2.05) is 0 Å². The molecule has 0 spiro atoms. The molecule has 1 aliphatic carbocycles. The third-order valence-corrected chi connectivity index (χ3v) is 6.75. The van der Waals surface area contributed by atoms with E-state index >= 15 is 0 Å². The summed E-state index contributed by atoms with van der Waals surface area (Å²) in [7, 11) is -4.07. The van der Waals surface area contributed by atoms with Crippen LogP contribution in [0, 0.1) is 0 Å². The van der Waals surface area contributed by atoms with Gasteiger partial charge < -0.3 is 19.5 Å². The first kappa shape index (κ1) is 23.1. The van der Waals surface area contributed by atoms with Crippen molar-refractivity contribution in [3.63, 3.8) is 0 Å². The monoisotopic (exact) mass is 474 g/mol. The molecular weight excluding hydrogens is 448 g/mol. The second-order valence-electron chi connectivity index (χ2n) is 8.01. The number of benzene rings is 2. The zero-order chi connectivity index (χ0) is 23.4. The van der Waals surface area contributed by atoms with Crippen LogP contribution in [0.15, 0.2) is 53.4 Å². The Morgan fingerprint density at radius 2 is 1.73 bits per heavy atom. The minimum absolute atomic E-state index is 0.0718. The molecule has 1 heterocycles. The van der Waals surface area contributed by atoms with Gasteiger partial charge in [-0.15, -0.1) is 0 Å². The summed E-state index contributed by atoms with van der Waals surface area (Å²) >= 11 is 0. The number of amides is 1. The van der Waals surface area contributed by atoms with E-state index in [0.717, 1.165) is 12.8 Å². The van der Waals surface area contributed by atoms with Crippen molar-refractivity contribution >= 4 is 21.9 Å².